The maximum atomic E-state index is 10.5. The molecule has 6 nitrogen and oxygen atoms in total. The summed E-state index contributed by atoms with van der Waals surface area (Å²) < 4.78 is 43.4. The Morgan fingerprint density at radius 1 is 0.674 bits per heavy atom. The van der Waals surface area contributed by atoms with E-state index in [0.717, 1.165) is 55.2 Å². The summed E-state index contributed by atoms with van der Waals surface area (Å²) in [7, 11) is 0. The number of alkyl halides is 3. The molecule has 0 fully saturated rings. The van der Waals surface area contributed by atoms with Crippen LogP contribution in [0.2, 0.25) is 20.1 Å². The third kappa shape index (κ3) is 12.9. The van der Waals surface area contributed by atoms with Crippen LogP contribution in [0.4, 0.5) is 13.2 Å². The number of quaternary nitrogens is 1. The van der Waals surface area contributed by atoms with Crippen molar-refractivity contribution < 1.29 is 38.3 Å². The molecule has 0 aliphatic carbocycles. The van der Waals surface area contributed by atoms with Crippen molar-refractivity contribution in [2.45, 2.75) is 38.9 Å². The second-order valence-electron chi connectivity index (χ2n) is 10.1. The Balaban J connectivity index is 0.000000738. The van der Waals surface area contributed by atoms with Gasteiger partial charge in [0, 0.05) is 26.1 Å². The van der Waals surface area contributed by atoms with Gasteiger partial charge in [-0.05, 0) is 70.8 Å². The minimum absolute atomic E-state index is 0.430. The van der Waals surface area contributed by atoms with E-state index in [9.17, 15) is 13.2 Å². The van der Waals surface area contributed by atoms with Crippen LogP contribution >= 0.6 is 46.4 Å². The lowest BCUT2D eigenvalue weighted by atomic mass is 10.1. The van der Waals surface area contributed by atoms with E-state index >= 15 is 0 Å². The molecule has 0 spiro atoms. The topological polar surface area (TPSA) is 89.5 Å². The molecule has 4 aromatic carbocycles. The third-order valence-corrected chi connectivity index (χ3v) is 7.87. The smallest absolute Gasteiger partial charge is 0.430 e. The van der Waals surface area contributed by atoms with E-state index < -0.39 is 12.1 Å². The van der Waals surface area contributed by atoms with Gasteiger partial charge in [-0.2, -0.15) is 13.2 Å². The monoisotopic (exact) mass is 716 g/mol. The predicted octanol–water partition coefficient (Wildman–Crippen LogP) is 7.39. The van der Waals surface area contributed by atoms with E-state index in [4.69, 9.17) is 65.8 Å². The number of hydrogen-bond donors (Lipinski definition) is 1. The average Bonchev–Trinajstić information content (AvgIpc) is 3.02. The van der Waals surface area contributed by atoms with Crippen molar-refractivity contribution in [3.63, 3.8) is 0 Å². The predicted molar refractivity (Wildman–Crippen MR) is 172 cm³/mol. The highest BCUT2D eigenvalue weighted by molar-refractivity contribution is 6.42. The molecular formula is C33H31Cl4F3N2O4. The first-order chi connectivity index (χ1) is 21.8. The van der Waals surface area contributed by atoms with E-state index in [1.807, 2.05) is 48.5 Å². The molecule has 0 saturated carbocycles. The van der Waals surface area contributed by atoms with E-state index in [-0.39, 0.29) is 0 Å². The molecule has 0 amide bonds. The average molecular weight is 718 g/mol. The fourth-order valence-corrected chi connectivity index (χ4v) is 4.68. The Hall–Kier alpha value is -3.18. The number of nitrogens with zero attached hydrogens (tertiary/aromatic N) is 1. The highest BCUT2D eigenvalue weighted by Crippen LogP contribution is 2.25. The lowest BCUT2D eigenvalue weighted by Crippen LogP contribution is -2.51. The van der Waals surface area contributed by atoms with Crippen molar-refractivity contribution in [1.29, 1.82) is 0 Å². The number of ether oxygens (including phenoxy) is 2. The first-order valence-corrected chi connectivity index (χ1v) is 15.5. The molecule has 0 saturated heterocycles. The Morgan fingerprint density at radius 3 is 1.37 bits per heavy atom. The molecule has 0 aliphatic heterocycles. The summed E-state index contributed by atoms with van der Waals surface area (Å²) in [5, 5.41) is 10.9. The van der Waals surface area contributed by atoms with Crippen molar-refractivity contribution in [1.82, 2.24) is 4.90 Å². The number of halogens is 7. The van der Waals surface area contributed by atoms with Gasteiger partial charge in [0.2, 0.25) is 0 Å². The molecule has 0 aliphatic rings. The van der Waals surface area contributed by atoms with Gasteiger partial charge in [-0.3, -0.25) is 4.90 Å². The second-order valence-corrected chi connectivity index (χ2v) is 11.7. The molecule has 0 unspecified atom stereocenters. The fraction of sp³-hybridized carbons (Fsp3) is 0.242. The maximum absolute atomic E-state index is 10.5. The molecule has 0 bridgehead atoms. The van der Waals surface area contributed by atoms with Gasteiger partial charge in [-0.1, -0.05) is 82.8 Å². The summed E-state index contributed by atoms with van der Waals surface area (Å²) in [6.07, 6.45) is -4.16. The molecule has 246 valence electrons. The standard InChI is InChI=1S/C31H30Cl4N2O2.C2HF3O2/c32-28-12-6-24(16-30(28)34)20-38-26-8-2-22(3-9-26)18-37(15-1-14-36)19-23-4-10-27(11-5-23)39-21-25-7-13-29(33)31(35)17-25;3-2(4,5)1(6)7/h2-13,16-17H,1,14-15,18-21,36H2;(H,6,7). The van der Waals surface area contributed by atoms with Crippen LogP contribution in [0, 0.1) is 0 Å². The molecule has 4 rings (SSSR count). The molecule has 13 heteroatoms. The number of carbonyl (C=O) groups excluding carboxylic acids is 1. The maximum Gasteiger partial charge on any atom is 0.430 e. The SMILES string of the molecule is O=C([O-])C(F)(F)F.[NH3+]CCCN(Cc1ccc(OCc2ccc(Cl)c(Cl)c2)cc1)Cc1ccc(OCc2ccc(Cl)c(Cl)c2)cc1. The zero-order valence-electron chi connectivity index (χ0n) is 24.5. The molecule has 4 aromatic rings. The first kappa shape index (κ1) is 37.3. The Morgan fingerprint density at radius 2 is 1.04 bits per heavy atom. The quantitative estimate of drug-likeness (QED) is 0.156. The van der Waals surface area contributed by atoms with Crippen LogP contribution in [0.3, 0.4) is 0 Å². The minimum Gasteiger partial charge on any atom is -0.542 e. The van der Waals surface area contributed by atoms with Gasteiger partial charge in [0.05, 0.1) is 26.6 Å². The summed E-state index contributed by atoms with van der Waals surface area (Å²) >= 11 is 24.2. The lowest BCUT2D eigenvalue weighted by Gasteiger charge is -2.22. The van der Waals surface area contributed by atoms with Gasteiger partial charge in [0.1, 0.15) is 30.7 Å². The third-order valence-electron chi connectivity index (χ3n) is 6.39. The van der Waals surface area contributed by atoms with Crippen molar-refractivity contribution >= 4 is 52.4 Å². The van der Waals surface area contributed by atoms with E-state index in [1.54, 1.807) is 12.1 Å². The number of carbonyl (C=O) groups is 1. The van der Waals surface area contributed by atoms with Crippen molar-refractivity contribution in [3.8, 4) is 11.5 Å². The van der Waals surface area contributed by atoms with E-state index in [1.165, 1.54) is 11.1 Å². The van der Waals surface area contributed by atoms with Gasteiger partial charge in [0.15, 0.2) is 0 Å². The van der Waals surface area contributed by atoms with Gasteiger partial charge in [-0.15, -0.1) is 0 Å². The molecule has 0 heterocycles. The Kier molecular flexibility index (Phi) is 14.8. The van der Waals surface area contributed by atoms with Crippen LogP contribution in [0.5, 0.6) is 11.5 Å². The largest absolute Gasteiger partial charge is 0.542 e. The van der Waals surface area contributed by atoms with Gasteiger partial charge >= 0.3 is 6.18 Å². The molecular weight excluding hydrogens is 687 g/mol. The van der Waals surface area contributed by atoms with Crippen molar-refractivity contribution in [2.75, 3.05) is 13.1 Å². The van der Waals surface area contributed by atoms with Gasteiger partial charge < -0.3 is 25.1 Å². The summed E-state index contributed by atoms with van der Waals surface area (Å²) in [6.45, 7) is 4.40. The molecule has 3 N–H and O–H groups in total. The lowest BCUT2D eigenvalue weighted by molar-refractivity contribution is -0.368. The van der Waals surface area contributed by atoms with Crippen LogP contribution in [-0.2, 0) is 31.1 Å². The number of carboxylic acids is 1. The minimum atomic E-state index is -5.19. The number of benzene rings is 4. The number of carboxylic acid groups (broad SMARTS) is 1. The van der Waals surface area contributed by atoms with Gasteiger partial charge in [0.25, 0.3) is 0 Å². The summed E-state index contributed by atoms with van der Waals surface area (Å²) in [5.74, 6) is -1.39. The van der Waals surface area contributed by atoms with Crippen LogP contribution < -0.4 is 20.3 Å². The summed E-state index contributed by atoms with van der Waals surface area (Å²) in [5.41, 5.74) is 8.41. The highest BCUT2D eigenvalue weighted by atomic mass is 35.5. The van der Waals surface area contributed by atoms with Crippen LogP contribution in [0.15, 0.2) is 84.9 Å². The zero-order valence-corrected chi connectivity index (χ0v) is 27.5. The van der Waals surface area contributed by atoms with Crippen LogP contribution in [0.1, 0.15) is 28.7 Å². The molecule has 0 atom stereocenters. The van der Waals surface area contributed by atoms with Crippen LogP contribution in [-0.4, -0.2) is 30.1 Å². The van der Waals surface area contributed by atoms with Gasteiger partial charge in [-0.25, -0.2) is 0 Å². The molecule has 0 radical (unpaired) electrons. The zero-order chi connectivity index (χ0) is 33.7. The Labute approximate surface area is 285 Å². The highest BCUT2D eigenvalue weighted by Gasteiger charge is 2.28. The van der Waals surface area contributed by atoms with Crippen molar-refractivity contribution in [2.24, 2.45) is 0 Å². The fourth-order valence-electron chi connectivity index (χ4n) is 4.04. The van der Waals surface area contributed by atoms with Crippen molar-refractivity contribution in [3.05, 3.63) is 127 Å². The number of aliphatic carboxylic acids is 1. The molecule has 0 aromatic heterocycles. The Bertz CT molecular complexity index is 1460. The summed E-state index contributed by atoms with van der Waals surface area (Å²) in [6, 6.07) is 27.5. The first-order valence-electron chi connectivity index (χ1n) is 13.9. The normalized spacial score (nSPS) is 11.2. The van der Waals surface area contributed by atoms with E-state index in [0.29, 0.717) is 33.3 Å². The molecule has 46 heavy (non-hydrogen) atoms. The summed E-state index contributed by atoms with van der Waals surface area (Å²) in [4.78, 5) is 11.2. The van der Waals surface area contributed by atoms with E-state index in [2.05, 4.69) is 34.9 Å². The second kappa shape index (κ2) is 18.2. The van der Waals surface area contributed by atoms with Crippen LogP contribution in [0.25, 0.3) is 0 Å². The number of hydrogen-bond acceptors (Lipinski definition) is 5. The number of rotatable bonds is 13.